The molecule has 1 saturated heterocycles. The second-order valence-corrected chi connectivity index (χ2v) is 8.10. The van der Waals surface area contributed by atoms with Gasteiger partial charge in [-0.15, -0.1) is 0 Å². The fourth-order valence-electron chi connectivity index (χ4n) is 2.17. The average Bonchev–Trinajstić information content (AvgIpc) is 2.29. The Bertz CT molecular complexity index is 372. The molecule has 2 N–H and O–H groups in total. The van der Waals surface area contributed by atoms with Crippen molar-refractivity contribution in [3.8, 4) is 0 Å². The van der Waals surface area contributed by atoms with E-state index in [4.69, 9.17) is 5.73 Å². The molecule has 0 aliphatic carbocycles. The van der Waals surface area contributed by atoms with Crippen molar-refractivity contribution in [2.75, 3.05) is 11.5 Å². The number of hydrogen-bond acceptors (Lipinski definition) is 3. The van der Waals surface area contributed by atoms with Crippen LogP contribution >= 0.6 is 39.5 Å². The van der Waals surface area contributed by atoms with E-state index < -0.39 is 0 Å². The summed E-state index contributed by atoms with van der Waals surface area (Å²) >= 11 is 7.61. The molecule has 1 aliphatic rings. The Morgan fingerprint density at radius 1 is 1.41 bits per heavy atom. The first-order chi connectivity index (χ1) is 8.16. The van der Waals surface area contributed by atoms with Crippen LogP contribution in [-0.2, 0) is 6.42 Å². The van der Waals surface area contributed by atoms with Crippen molar-refractivity contribution in [2.45, 2.75) is 29.9 Å². The van der Waals surface area contributed by atoms with Crippen LogP contribution in [0, 0.1) is 0 Å². The van der Waals surface area contributed by atoms with Crippen molar-refractivity contribution in [3.63, 3.8) is 0 Å². The third-order valence-corrected chi connectivity index (χ3v) is 6.78. The van der Waals surface area contributed by atoms with E-state index in [2.05, 4.69) is 58.9 Å². The molecule has 94 valence electrons. The van der Waals surface area contributed by atoms with Gasteiger partial charge in [-0.25, -0.2) is 0 Å². The third kappa shape index (κ3) is 3.91. The molecule has 17 heavy (non-hydrogen) atoms. The first kappa shape index (κ1) is 13.8. The SMILES string of the molecule is CC1SCCSC1C(N)Cc1cccc(Br)c1. The second-order valence-electron chi connectivity index (χ2n) is 4.41. The minimum atomic E-state index is 0.261. The molecule has 1 heterocycles. The Hall–Kier alpha value is 0.360. The molecular weight excluding hydrogens is 314 g/mol. The highest BCUT2D eigenvalue weighted by molar-refractivity contribution is 9.10. The zero-order valence-electron chi connectivity index (χ0n) is 9.93. The maximum atomic E-state index is 6.37. The van der Waals surface area contributed by atoms with Gasteiger partial charge in [-0.1, -0.05) is 35.0 Å². The van der Waals surface area contributed by atoms with Gasteiger partial charge < -0.3 is 5.73 Å². The Morgan fingerprint density at radius 3 is 2.88 bits per heavy atom. The summed E-state index contributed by atoms with van der Waals surface area (Å²) in [6.45, 7) is 2.31. The average molecular weight is 332 g/mol. The Kier molecular flexibility index (Phi) is 5.27. The third-order valence-electron chi connectivity index (χ3n) is 3.02. The van der Waals surface area contributed by atoms with Crippen LogP contribution in [0.1, 0.15) is 12.5 Å². The summed E-state index contributed by atoms with van der Waals surface area (Å²) in [6, 6.07) is 8.74. The maximum Gasteiger partial charge on any atom is 0.0318 e. The van der Waals surface area contributed by atoms with Gasteiger partial charge in [-0.3, -0.25) is 0 Å². The highest BCUT2D eigenvalue weighted by Crippen LogP contribution is 2.33. The summed E-state index contributed by atoms with van der Waals surface area (Å²) in [4.78, 5) is 0. The molecule has 0 radical (unpaired) electrons. The van der Waals surface area contributed by atoms with E-state index in [0.29, 0.717) is 10.5 Å². The quantitative estimate of drug-likeness (QED) is 0.917. The van der Waals surface area contributed by atoms with Crippen LogP contribution in [0.5, 0.6) is 0 Å². The fraction of sp³-hybridized carbons (Fsp3) is 0.538. The molecule has 1 nitrogen and oxygen atoms in total. The van der Waals surface area contributed by atoms with Gasteiger partial charge in [0.2, 0.25) is 0 Å². The lowest BCUT2D eigenvalue weighted by molar-refractivity contribution is 0.622. The van der Waals surface area contributed by atoms with Gasteiger partial charge in [0.15, 0.2) is 0 Å². The van der Waals surface area contributed by atoms with E-state index in [1.165, 1.54) is 17.1 Å². The first-order valence-electron chi connectivity index (χ1n) is 5.90. The molecule has 0 aromatic heterocycles. The van der Waals surface area contributed by atoms with E-state index in [9.17, 15) is 0 Å². The van der Waals surface area contributed by atoms with Crippen LogP contribution in [0.25, 0.3) is 0 Å². The van der Waals surface area contributed by atoms with E-state index in [0.717, 1.165) is 10.9 Å². The van der Waals surface area contributed by atoms with Crippen LogP contribution < -0.4 is 5.73 Å². The molecule has 0 amide bonds. The monoisotopic (exact) mass is 331 g/mol. The first-order valence-corrected chi connectivity index (χ1v) is 8.79. The van der Waals surface area contributed by atoms with Crippen molar-refractivity contribution in [1.82, 2.24) is 0 Å². The van der Waals surface area contributed by atoms with E-state index in [-0.39, 0.29) is 6.04 Å². The number of benzene rings is 1. The van der Waals surface area contributed by atoms with E-state index >= 15 is 0 Å². The molecule has 1 fully saturated rings. The smallest absolute Gasteiger partial charge is 0.0318 e. The molecule has 1 aromatic rings. The van der Waals surface area contributed by atoms with E-state index in [1.807, 2.05) is 11.8 Å². The van der Waals surface area contributed by atoms with Crippen LogP contribution in [0.2, 0.25) is 0 Å². The molecule has 0 saturated carbocycles. The van der Waals surface area contributed by atoms with Crippen molar-refractivity contribution in [2.24, 2.45) is 5.73 Å². The Morgan fingerprint density at radius 2 is 2.18 bits per heavy atom. The Labute approximate surface area is 120 Å². The summed E-state index contributed by atoms with van der Waals surface area (Å²) in [6.07, 6.45) is 0.974. The normalized spacial score (nSPS) is 26.8. The minimum absolute atomic E-state index is 0.261. The number of rotatable bonds is 3. The molecular formula is C13H18BrNS2. The molecule has 0 bridgehead atoms. The van der Waals surface area contributed by atoms with Gasteiger partial charge >= 0.3 is 0 Å². The maximum absolute atomic E-state index is 6.37. The molecule has 1 aliphatic heterocycles. The van der Waals surface area contributed by atoms with E-state index in [1.54, 1.807) is 0 Å². The molecule has 1 aromatic carbocycles. The lowest BCUT2D eigenvalue weighted by Gasteiger charge is -2.32. The fourth-order valence-corrected chi connectivity index (χ4v) is 5.51. The summed E-state index contributed by atoms with van der Waals surface area (Å²) < 4.78 is 1.14. The Balaban J connectivity index is 1.98. The number of halogens is 1. The number of hydrogen-bond donors (Lipinski definition) is 1. The summed E-state index contributed by atoms with van der Waals surface area (Å²) in [5.41, 5.74) is 7.70. The van der Waals surface area contributed by atoms with Crippen LogP contribution in [0.15, 0.2) is 28.7 Å². The zero-order valence-corrected chi connectivity index (χ0v) is 13.2. The lowest BCUT2D eigenvalue weighted by atomic mass is 10.0. The van der Waals surface area contributed by atoms with Crippen LogP contribution in [0.4, 0.5) is 0 Å². The molecule has 3 atom stereocenters. The molecule has 2 rings (SSSR count). The van der Waals surface area contributed by atoms with Gasteiger partial charge in [0.25, 0.3) is 0 Å². The second kappa shape index (κ2) is 6.50. The predicted octanol–water partition coefficient (Wildman–Crippen LogP) is 3.56. The number of thioether (sulfide) groups is 2. The minimum Gasteiger partial charge on any atom is -0.326 e. The highest BCUT2D eigenvalue weighted by atomic mass is 79.9. The lowest BCUT2D eigenvalue weighted by Crippen LogP contribution is -2.42. The standard InChI is InChI=1S/C13H18BrNS2/c1-9-13(17-6-5-16-9)12(15)8-10-3-2-4-11(14)7-10/h2-4,7,9,12-13H,5-6,8,15H2,1H3. The van der Waals surface area contributed by atoms with Crippen molar-refractivity contribution in [1.29, 1.82) is 0 Å². The van der Waals surface area contributed by atoms with Crippen LogP contribution in [0.3, 0.4) is 0 Å². The van der Waals surface area contributed by atoms with Gasteiger partial charge in [0.05, 0.1) is 0 Å². The highest BCUT2D eigenvalue weighted by Gasteiger charge is 2.27. The summed E-state index contributed by atoms with van der Waals surface area (Å²) in [5.74, 6) is 2.51. The van der Waals surface area contributed by atoms with Crippen molar-refractivity contribution in [3.05, 3.63) is 34.3 Å². The topological polar surface area (TPSA) is 26.0 Å². The van der Waals surface area contributed by atoms with Gasteiger partial charge in [0, 0.05) is 32.5 Å². The van der Waals surface area contributed by atoms with Crippen LogP contribution in [-0.4, -0.2) is 28.0 Å². The van der Waals surface area contributed by atoms with Gasteiger partial charge in [0.1, 0.15) is 0 Å². The van der Waals surface area contributed by atoms with Crippen molar-refractivity contribution < 1.29 is 0 Å². The predicted molar refractivity (Wildman–Crippen MR) is 84.0 cm³/mol. The zero-order chi connectivity index (χ0) is 12.3. The molecule has 0 spiro atoms. The summed E-state index contributed by atoms with van der Waals surface area (Å²) in [5, 5.41) is 1.27. The molecule has 3 unspecified atom stereocenters. The largest absolute Gasteiger partial charge is 0.326 e. The van der Waals surface area contributed by atoms with Gasteiger partial charge in [-0.05, 0) is 24.1 Å². The van der Waals surface area contributed by atoms with Gasteiger partial charge in [-0.2, -0.15) is 23.5 Å². The molecule has 4 heteroatoms. The number of nitrogens with two attached hydrogens (primary N) is 1. The van der Waals surface area contributed by atoms with Crippen molar-refractivity contribution >= 4 is 39.5 Å². The summed E-state index contributed by atoms with van der Waals surface area (Å²) in [7, 11) is 0.